The average molecular weight is 473 g/mol. The minimum Gasteiger partial charge on any atom is -0.465 e. The van der Waals surface area contributed by atoms with Gasteiger partial charge in [-0.05, 0) is 72.6 Å². The molecule has 0 aliphatic rings. The van der Waals surface area contributed by atoms with Gasteiger partial charge < -0.3 is 9.47 Å². The van der Waals surface area contributed by atoms with Crippen molar-refractivity contribution in [3.05, 3.63) is 95.1 Å². The van der Waals surface area contributed by atoms with Crippen molar-refractivity contribution in [2.75, 3.05) is 7.11 Å². The van der Waals surface area contributed by atoms with E-state index in [-0.39, 0.29) is 17.4 Å². The Balaban J connectivity index is 1.87. The SMILES string of the molecule is COC(=O)c1ccc(CC(C(=O)OC(C)(C)C)c2ccc(-c3ccc(C(C)(C)C)cc3)cc2)cc1. The molecule has 35 heavy (non-hydrogen) atoms. The van der Waals surface area contributed by atoms with Crippen LogP contribution in [0.3, 0.4) is 0 Å². The predicted molar refractivity (Wildman–Crippen MR) is 141 cm³/mol. The molecule has 0 saturated heterocycles. The van der Waals surface area contributed by atoms with Crippen molar-refractivity contribution < 1.29 is 19.1 Å². The fourth-order valence-electron chi connectivity index (χ4n) is 3.91. The minimum absolute atomic E-state index is 0.109. The zero-order chi connectivity index (χ0) is 25.8. The van der Waals surface area contributed by atoms with Crippen LogP contribution >= 0.6 is 0 Å². The number of benzene rings is 3. The lowest BCUT2D eigenvalue weighted by molar-refractivity contribution is -0.156. The van der Waals surface area contributed by atoms with E-state index in [1.165, 1.54) is 12.7 Å². The van der Waals surface area contributed by atoms with E-state index in [0.717, 1.165) is 22.3 Å². The van der Waals surface area contributed by atoms with E-state index in [1.807, 2.05) is 45.0 Å². The van der Waals surface area contributed by atoms with Gasteiger partial charge in [0.05, 0.1) is 18.6 Å². The smallest absolute Gasteiger partial charge is 0.337 e. The molecule has 0 aliphatic heterocycles. The quantitative estimate of drug-likeness (QED) is 0.359. The fourth-order valence-corrected chi connectivity index (χ4v) is 3.91. The molecule has 0 spiro atoms. The summed E-state index contributed by atoms with van der Waals surface area (Å²) in [5, 5.41) is 0. The van der Waals surface area contributed by atoms with Gasteiger partial charge in [-0.25, -0.2) is 4.79 Å². The van der Waals surface area contributed by atoms with Crippen LogP contribution in [-0.2, 0) is 26.1 Å². The van der Waals surface area contributed by atoms with E-state index in [9.17, 15) is 9.59 Å². The molecule has 1 unspecified atom stereocenters. The first kappa shape index (κ1) is 26.2. The number of rotatable bonds is 6. The van der Waals surface area contributed by atoms with E-state index in [1.54, 1.807) is 12.1 Å². The monoisotopic (exact) mass is 472 g/mol. The summed E-state index contributed by atoms with van der Waals surface area (Å²) < 4.78 is 10.5. The van der Waals surface area contributed by atoms with Crippen LogP contribution in [0, 0.1) is 0 Å². The van der Waals surface area contributed by atoms with Gasteiger partial charge in [-0.15, -0.1) is 0 Å². The lowest BCUT2D eigenvalue weighted by atomic mass is 9.86. The van der Waals surface area contributed by atoms with Crippen molar-refractivity contribution in [1.29, 1.82) is 0 Å². The highest BCUT2D eigenvalue weighted by molar-refractivity contribution is 5.89. The van der Waals surface area contributed by atoms with Gasteiger partial charge in [-0.2, -0.15) is 0 Å². The molecule has 0 radical (unpaired) electrons. The predicted octanol–water partition coefficient (Wildman–Crippen LogP) is 7.11. The highest BCUT2D eigenvalue weighted by atomic mass is 16.6. The van der Waals surface area contributed by atoms with Gasteiger partial charge in [0.1, 0.15) is 5.60 Å². The number of hydrogen-bond acceptors (Lipinski definition) is 4. The number of hydrogen-bond donors (Lipinski definition) is 0. The van der Waals surface area contributed by atoms with Crippen LogP contribution in [0.5, 0.6) is 0 Å². The molecular weight excluding hydrogens is 436 g/mol. The molecule has 0 amide bonds. The van der Waals surface area contributed by atoms with Crippen molar-refractivity contribution in [1.82, 2.24) is 0 Å². The standard InChI is InChI=1S/C31H36O4/c1-30(2,3)26-18-16-23(17-19-26)22-12-14-24(15-13-22)27(29(33)35-31(4,5)6)20-21-8-10-25(11-9-21)28(32)34-7/h8-19,27H,20H2,1-7H3. The van der Waals surface area contributed by atoms with Crippen LogP contribution in [0.25, 0.3) is 11.1 Å². The second-order valence-corrected chi connectivity index (χ2v) is 10.9. The highest BCUT2D eigenvalue weighted by Crippen LogP contribution is 2.30. The van der Waals surface area contributed by atoms with Gasteiger partial charge in [0.15, 0.2) is 0 Å². The highest BCUT2D eigenvalue weighted by Gasteiger charge is 2.27. The van der Waals surface area contributed by atoms with E-state index >= 15 is 0 Å². The Bertz CT molecular complexity index is 1140. The number of esters is 2. The largest absolute Gasteiger partial charge is 0.465 e. The van der Waals surface area contributed by atoms with Gasteiger partial charge in [-0.1, -0.05) is 81.4 Å². The fraction of sp³-hybridized carbons (Fsp3) is 0.355. The van der Waals surface area contributed by atoms with Crippen molar-refractivity contribution in [3.8, 4) is 11.1 Å². The molecule has 4 nitrogen and oxygen atoms in total. The van der Waals surface area contributed by atoms with Crippen molar-refractivity contribution in [2.45, 2.75) is 64.9 Å². The Labute approximate surface area is 209 Å². The maximum Gasteiger partial charge on any atom is 0.337 e. The second-order valence-electron chi connectivity index (χ2n) is 10.9. The summed E-state index contributed by atoms with van der Waals surface area (Å²) in [4.78, 5) is 24.9. The maximum absolute atomic E-state index is 13.2. The molecule has 184 valence electrons. The molecule has 0 N–H and O–H groups in total. The summed E-state index contributed by atoms with van der Waals surface area (Å²) in [6.45, 7) is 12.2. The number of ether oxygens (including phenoxy) is 2. The third-order valence-corrected chi connectivity index (χ3v) is 5.90. The number of carbonyl (C=O) groups excluding carboxylic acids is 2. The molecule has 0 fully saturated rings. The van der Waals surface area contributed by atoms with E-state index in [2.05, 4.69) is 57.2 Å². The van der Waals surface area contributed by atoms with Crippen LogP contribution in [0.15, 0.2) is 72.8 Å². The van der Waals surface area contributed by atoms with Crippen molar-refractivity contribution in [2.24, 2.45) is 0 Å². The molecule has 3 aromatic carbocycles. The van der Waals surface area contributed by atoms with Crippen LogP contribution < -0.4 is 0 Å². The summed E-state index contributed by atoms with van der Waals surface area (Å²) in [7, 11) is 1.36. The molecule has 3 rings (SSSR count). The molecule has 0 bridgehead atoms. The van der Waals surface area contributed by atoms with Gasteiger partial charge >= 0.3 is 11.9 Å². The maximum atomic E-state index is 13.2. The molecule has 0 aliphatic carbocycles. The first-order chi connectivity index (χ1) is 16.4. The summed E-state index contributed by atoms with van der Waals surface area (Å²) in [5.74, 6) is -1.11. The van der Waals surface area contributed by atoms with E-state index in [4.69, 9.17) is 9.47 Å². The summed E-state index contributed by atoms with van der Waals surface area (Å²) in [6.07, 6.45) is 0.468. The Kier molecular flexibility index (Phi) is 7.84. The van der Waals surface area contributed by atoms with Gasteiger partial charge in [-0.3, -0.25) is 4.79 Å². The lowest BCUT2D eigenvalue weighted by Gasteiger charge is -2.24. The summed E-state index contributed by atoms with van der Waals surface area (Å²) in [5.41, 5.74) is 5.36. The molecule has 0 heterocycles. The van der Waals surface area contributed by atoms with Crippen LogP contribution in [0.4, 0.5) is 0 Å². The van der Waals surface area contributed by atoms with E-state index in [0.29, 0.717) is 12.0 Å². The number of methoxy groups -OCH3 is 1. The molecular formula is C31H36O4. The van der Waals surface area contributed by atoms with Crippen LogP contribution in [0.2, 0.25) is 0 Å². The van der Waals surface area contributed by atoms with Crippen molar-refractivity contribution >= 4 is 11.9 Å². The molecule has 0 saturated carbocycles. The lowest BCUT2D eigenvalue weighted by Crippen LogP contribution is -2.28. The first-order valence-corrected chi connectivity index (χ1v) is 12.0. The summed E-state index contributed by atoms with van der Waals surface area (Å²) >= 11 is 0. The zero-order valence-electron chi connectivity index (χ0n) is 21.8. The average Bonchev–Trinajstić information content (AvgIpc) is 2.81. The second kappa shape index (κ2) is 10.5. The van der Waals surface area contributed by atoms with Gasteiger partial charge in [0.25, 0.3) is 0 Å². The molecule has 0 aromatic heterocycles. The molecule has 3 aromatic rings. The zero-order valence-corrected chi connectivity index (χ0v) is 21.8. The minimum atomic E-state index is -0.585. The van der Waals surface area contributed by atoms with Gasteiger partial charge in [0.2, 0.25) is 0 Å². The Morgan fingerprint density at radius 3 is 1.71 bits per heavy atom. The summed E-state index contributed by atoms with van der Waals surface area (Å²) in [6, 6.07) is 23.9. The van der Waals surface area contributed by atoms with Crippen LogP contribution in [0.1, 0.15) is 74.5 Å². The first-order valence-electron chi connectivity index (χ1n) is 12.0. The normalized spacial score (nSPS) is 12.7. The topological polar surface area (TPSA) is 52.6 Å². The Morgan fingerprint density at radius 1 is 0.743 bits per heavy atom. The van der Waals surface area contributed by atoms with Crippen LogP contribution in [-0.4, -0.2) is 24.6 Å². The third-order valence-electron chi connectivity index (χ3n) is 5.90. The molecule has 4 heteroatoms. The van der Waals surface area contributed by atoms with Gasteiger partial charge in [0, 0.05) is 0 Å². The Morgan fingerprint density at radius 2 is 1.26 bits per heavy atom. The molecule has 1 atom stereocenters. The van der Waals surface area contributed by atoms with Crippen molar-refractivity contribution in [3.63, 3.8) is 0 Å². The van der Waals surface area contributed by atoms with E-state index < -0.39 is 11.5 Å². The third kappa shape index (κ3) is 7.05. The number of carbonyl (C=O) groups is 2. The Hall–Kier alpha value is -3.40.